The molecule has 0 bridgehead atoms. The van der Waals surface area contributed by atoms with Crippen molar-refractivity contribution >= 4 is 11.6 Å². The van der Waals surface area contributed by atoms with Gasteiger partial charge in [-0.3, -0.25) is 9.78 Å². The van der Waals surface area contributed by atoms with Crippen LogP contribution in [-0.4, -0.2) is 24.0 Å². The minimum absolute atomic E-state index is 0.0760. The molecule has 1 amide bonds. The van der Waals surface area contributed by atoms with Crippen LogP contribution in [0.15, 0.2) is 18.5 Å². The number of rotatable bonds is 4. The molecule has 0 radical (unpaired) electrons. The summed E-state index contributed by atoms with van der Waals surface area (Å²) in [5.41, 5.74) is 0.418. The fraction of sp³-hybridized carbons (Fsp3) is 0.538. The Kier molecular flexibility index (Phi) is 4.64. The summed E-state index contributed by atoms with van der Waals surface area (Å²) in [5.74, 6) is 0.0624. The molecule has 1 fully saturated rings. The number of hydrogen-bond donors (Lipinski definition) is 2. The lowest BCUT2D eigenvalue weighted by molar-refractivity contribution is -0.116. The SMILES string of the molecule is O=C(CCC1CCCNC1)Nc1cncc(F)c1. The van der Waals surface area contributed by atoms with Crippen molar-refractivity contribution in [3.8, 4) is 0 Å². The molecule has 0 aromatic carbocycles. The molecule has 18 heavy (non-hydrogen) atoms. The standard InChI is InChI=1S/C13H18FN3O/c14-11-6-12(9-16-8-11)17-13(18)4-3-10-2-1-5-15-7-10/h6,8-10,15H,1-5,7H2,(H,17,18). The first kappa shape index (κ1) is 13.0. The second kappa shape index (κ2) is 6.44. The minimum atomic E-state index is -0.440. The van der Waals surface area contributed by atoms with E-state index in [0.29, 0.717) is 18.0 Å². The third kappa shape index (κ3) is 4.07. The number of nitrogens with zero attached hydrogens (tertiary/aromatic N) is 1. The molecule has 1 atom stereocenters. The van der Waals surface area contributed by atoms with E-state index in [-0.39, 0.29) is 5.91 Å². The van der Waals surface area contributed by atoms with E-state index in [4.69, 9.17) is 0 Å². The van der Waals surface area contributed by atoms with E-state index in [2.05, 4.69) is 15.6 Å². The topological polar surface area (TPSA) is 54.0 Å². The highest BCUT2D eigenvalue weighted by molar-refractivity contribution is 5.90. The van der Waals surface area contributed by atoms with Crippen LogP contribution >= 0.6 is 0 Å². The molecule has 0 aliphatic carbocycles. The number of halogens is 1. The average Bonchev–Trinajstić information content (AvgIpc) is 2.38. The molecular weight excluding hydrogens is 233 g/mol. The fourth-order valence-corrected chi connectivity index (χ4v) is 2.21. The quantitative estimate of drug-likeness (QED) is 0.859. The first-order valence-electron chi connectivity index (χ1n) is 6.35. The van der Waals surface area contributed by atoms with Crippen molar-refractivity contribution in [1.82, 2.24) is 10.3 Å². The van der Waals surface area contributed by atoms with E-state index in [1.165, 1.54) is 25.1 Å². The van der Waals surface area contributed by atoms with Crippen molar-refractivity contribution < 1.29 is 9.18 Å². The lowest BCUT2D eigenvalue weighted by Gasteiger charge is -2.22. The Labute approximate surface area is 106 Å². The van der Waals surface area contributed by atoms with Crippen LogP contribution in [0.2, 0.25) is 0 Å². The van der Waals surface area contributed by atoms with Crippen molar-refractivity contribution in [2.45, 2.75) is 25.7 Å². The Balaban J connectivity index is 1.74. The highest BCUT2D eigenvalue weighted by atomic mass is 19.1. The van der Waals surface area contributed by atoms with E-state index in [9.17, 15) is 9.18 Å². The predicted molar refractivity (Wildman–Crippen MR) is 67.7 cm³/mol. The molecule has 1 aliphatic heterocycles. The molecule has 2 N–H and O–H groups in total. The van der Waals surface area contributed by atoms with Gasteiger partial charge in [-0.2, -0.15) is 0 Å². The van der Waals surface area contributed by atoms with Crippen molar-refractivity contribution in [3.05, 3.63) is 24.3 Å². The molecule has 2 rings (SSSR count). The van der Waals surface area contributed by atoms with Gasteiger partial charge >= 0.3 is 0 Å². The van der Waals surface area contributed by atoms with Gasteiger partial charge in [-0.1, -0.05) is 0 Å². The second-order valence-corrected chi connectivity index (χ2v) is 4.69. The van der Waals surface area contributed by atoms with Gasteiger partial charge in [0.1, 0.15) is 5.82 Å². The molecule has 5 heteroatoms. The van der Waals surface area contributed by atoms with Gasteiger partial charge < -0.3 is 10.6 Å². The van der Waals surface area contributed by atoms with Crippen molar-refractivity contribution in [2.24, 2.45) is 5.92 Å². The Hall–Kier alpha value is -1.49. The first-order chi connectivity index (χ1) is 8.74. The molecule has 1 saturated heterocycles. The Morgan fingerprint density at radius 3 is 3.17 bits per heavy atom. The van der Waals surface area contributed by atoms with Crippen LogP contribution in [0.4, 0.5) is 10.1 Å². The van der Waals surface area contributed by atoms with Gasteiger partial charge in [-0.15, -0.1) is 0 Å². The number of piperidine rings is 1. The Morgan fingerprint density at radius 2 is 2.44 bits per heavy atom. The summed E-state index contributed by atoms with van der Waals surface area (Å²) in [6, 6.07) is 1.27. The number of pyridine rings is 1. The highest BCUT2D eigenvalue weighted by Gasteiger charge is 2.14. The van der Waals surface area contributed by atoms with Gasteiger partial charge in [0.25, 0.3) is 0 Å². The van der Waals surface area contributed by atoms with Gasteiger partial charge in [-0.05, 0) is 38.3 Å². The molecule has 1 unspecified atom stereocenters. The molecular formula is C13H18FN3O. The summed E-state index contributed by atoms with van der Waals surface area (Å²) >= 11 is 0. The summed E-state index contributed by atoms with van der Waals surface area (Å²) in [5, 5.41) is 5.98. The van der Waals surface area contributed by atoms with Crippen LogP contribution in [-0.2, 0) is 4.79 Å². The second-order valence-electron chi connectivity index (χ2n) is 4.69. The third-order valence-electron chi connectivity index (χ3n) is 3.17. The van der Waals surface area contributed by atoms with Gasteiger partial charge in [0.15, 0.2) is 0 Å². The fourth-order valence-electron chi connectivity index (χ4n) is 2.21. The van der Waals surface area contributed by atoms with Crippen LogP contribution in [0.3, 0.4) is 0 Å². The molecule has 98 valence electrons. The van der Waals surface area contributed by atoms with Crippen molar-refractivity contribution in [2.75, 3.05) is 18.4 Å². The van der Waals surface area contributed by atoms with Gasteiger partial charge in [0.2, 0.25) is 5.91 Å². The number of carbonyl (C=O) groups excluding carboxylic acids is 1. The van der Waals surface area contributed by atoms with Crippen LogP contribution in [0, 0.1) is 11.7 Å². The molecule has 0 saturated carbocycles. The first-order valence-corrected chi connectivity index (χ1v) is 6.35. The lowest BCUT2D eigenvalue weighted by Crippen LogP contribution is -2.30. The summed E-state index contributed by atoms with van der Waals surface area (Å²) in [7, 11) is 0. The number of carbonyl (C=O) groups is 1. The van der Waals surface area contributed by atoms with E-state index in [0.717, 1.165) is 25.7 Å². The maximum atomic E-state index is 12.9. The molecule has 0 spiro atoms. The zero-order valence-corrected chi connectivity index (χ0v) is 10.3. The normalized spacial score (nSPS) is 19.5. The predicted octanol–water partition coefficient (Wildman–Crippen LogP) is 1.94. The summed E-state index contributed by atoms with van der Waals surface area (Å²) in [6.45, 7) is 2.08. The summed E-state index contributed by atoms with van der Waals surface area (Å²) < 4.78 is 12.9. The van der Waals surface area contributed by atoms with Crippen molar-refractivity contribution in [3.63, 3.8) is 0 Å². The van der Waals surface area contributed by atoms with E-state index >= 15 is 0 Å². The highest BCUT2D eigenvalue weighted by Crippen LogP contribution is 2.16. The number of anilines is 1. The molecule has 1 aliphatic rings. The van der Waals surface area contributed by atoms with Crippen LogP contribution in [0.5, 0.6) is 0 Å². The van der Waals surface area contributed by atoms with Crippen molar-refractivity contribution in [1.29, 1.82) is 0 Å². The molecule has 4 nitrogen and oxygen atoms in total. The molecule has 1 aromatic rings. The molecule has 2 heterocycles. The molecule has 1 aromatic heterocycles. The Bertz CT molecular complexity index is 405. The van der Waals surface area contributed by atoms with E-state index < -0.39 is 5.82 Å². The zero-order chi connectivity index (χ0) is 12.8. The monoisotopic (exact) mass is 251 g/mol. The van der Waals surface area contributed by atoms with Crippen LogP contribution < -0.4 is 10.6 Å². The van der Waals surface area contributed by atoms with Gasteiger partial charge in [-0.25, -0.2) is 4.39 Å². The number of aromatic nitrogens is 1. The van der Waals surface area contributed by atoms with Crippen LogP contribution in [0.25, 0.3) is 0 Å². The smallest absolute Gasteiger partial charge is 0.224 e. The van der Waals surface area contributed by atoms with Crippen LogP contribution in [0.1, 0.15) is 25.7 Å². The third-order valence-corrected chi connectivity index (χ3v) is 3.17. The van der Waals surface area contributed by atoms with Gasteiger partial charge in [0.05, 0.1) is 18.1 Å². The summed E-state index contributed by atoms with van der Waals surface area (Å²) in [6.07, 6.45) is 6.28. The number of amides is 1. The number of hydrogen-bond acceptors (Lipinski definition) is 3. The maximum Gasteiger partial charge on any atom is 0.224 e. The largest absolute Gasteiger partial charge is 0.325 e. The minimum Gasteiger partial charge on any atom is -0.325 e. The Morgan fingerprint density at radius 1 is 1.56 bits per heavy atom. The summed E-state index contributed by atoms with van der Waals surface area (Å²) in [4.78, 5) is 15.4. The lowest BCUT2D eigenvalue weighted by atomic mass is 9.94. The number of nitrogens with one attached hydrogen (secondary N) is 2. The van der Waals surface area contributed by atoms with E-state index in [1.807, 2.05) is 0 Å². The van der Waals surface area contributed by atoms with E-state index in [1.54, 1.807) is 0 Å². The average molecular weight is 251 g/mol. The zero-order valence-electron chi connectivity index (χ0n) is 10.3. The van der Waals surface area contributed by atoms with Gasteiger partial charge in [0, 0.05) is 12.5 Å². The maximum absolute atomic E-state index is 12.9.